The van der Waals surface area contributed by atoms with Crippen LogP contribution in [-0.4, -0.2) is 19.4 Å². The van der Waals surface area contributed by atoms with E-state index < -0.39 is 11.1 Å². The Kier molecular flexibility index (Phi) is 3.56. The molecular weight excluding hydrogens is 274 g/mol. The molecule has 0 spiro atoms. The Bertz CT molecular complexity index is 658. The fraction of sp³-hybridized carbons (Fsp3) is 0.467. The maximum atomic E-state index is 11.6. The van der Waals surface area contributed by atoms with Crippen molar-refractivity contribution >= 4 is 22.0 Å². The molecule has 1 aromatic carbocycles. The van der Waals surface area contributed by atoms with Crippen molar-refractivity contribution in [2.45, 2.75) is 44.2 Å². The molecule has 1 aliphatic carbocycles. The lowest BCUT2D eigenvalue weighted by atomic mass is 10.2. The molecule has 1 unspecified atom stereocenters. The first-order valence-corrected chi connectivity index (χ1v) is 8.06. The third kappa shape index (κ3) is 2.60. The van der Waals surface area contributed by atoms with Gasteiger partial charge in [0.25, 0.3) is 0 Å². The maximum Gasteiger partial charge on any atom is 0.188 e. The summed E-state index contributed by atoms with van der Waals surface area (Å²) in [6, 6.07) is 5.79. The van der Waals surface area contributed by atoms with Crippen LogP contribution >= 0.6 is 0 Å². The summed E-state index contributed by atoms with van der Waals surface area (Å²) in [5, 5.41) is 0.766. The lowest BCUT2D eigenvalue weighted by Gasteiger charge is -2.12. The highest BCUT2D eigenvalue weighted by Gasteiger charge is 2.24. The van der Waals surface area contributed by atoms with Gasteiger partial charge in [-0.1, -0.05) is 6.07 Å². The van der Waals surface area contributed by atoms with E-state index in [0.29, 0.717) is 16.6 Å². The molecule has 1 atom stereocenters. The van der Waals surface area contributed by atoms with Crippen LogP contribution in [0.5, 0.6) is 5.75 Å². The number of rotatable bonds is 5. The monoisotopic (exact) mass is 293 g/mol. The van der Waals surface area contributed by atoms with Crippen LogP contribution in [0.3, 0.4) is 0 Å². The highest BCUT2D eigenvalue weighted by molar-refractivity contribution is 7.79. The van der Waals surface area contributed by atoms with Crippen LogP contribution in [0.25, 0.3) is 10.9 Å². The van der Waals surface area contributed by atoms with Crippen molar-refractivity contribution in [1.82, 2.24) is 4.57 Å². The second-order valence-electron chi connectivity index (χ2n) is 5.66. The topological polar surface area (TPSA) is 51.5 Å². The Morgan fingerprint density at radius 2 is 2.20 bits per heavy atom. The second-order valence-corrected chi connectivity index (χ2v) is 6.59. The number of hydrogen-bond donors (Lipinski definition) is 1. The van der Waals surface area contributed by atoms with Crippen LogP contribution in [-0.2, 0) is 17.6 Å². The van der Waals surface area contributed by atoms with Gasteiger partial charge in [-0.05, 0) is 44.7 Å². The van der Waals surface area contributed by atoms with E-state index in [2.05, 4.69) is 4.57 Å². The number of benzene rings is 1. The summed E-state index contributed by atoms with van der Waals surface area (Å²) in [5.74, 6) is 1.39. The second kappa shape index (κ2) is 5.22. The zero-order valence-corrected chi connectivity index (χ0v) is 12.5. The molecule has 1 saturated carbocycles. The normalized spacial score (nSPS) is 16.8. The van der Waals surface area contributed by atoms with E-state index in [1.54, 1.807) is 6.20 Å². The third-order valence-corrected chi connectivity index (χ3v) is 4.22. The molecule has 3 rings (SSSR count). The Hall–Kier alpha value is -1.33. The van der Waals surface area contributed by atoms with Crippen molar-refractivity contribution in [3.05, 3.63) is 24.4 Å². The first-order chi connectivity index (χ1) is 9.56. The lowest BCUT2D eigenvalue weighted by Crippen LogP contribution is -2.06. The summed E-state index contributed by atoms with van der Waals surface area (Å²) in [5.41, 5.74) is 0.979. The molecule has 2 aromatic rings. The molecule has 1 aliphatic rings. The van der Waals surface area contributed by atoms with E-state index in [0.717, 1.165) is 17.4 Å². The standard InChI is InChI=1S/C15H19NO3S/c1-10(2)19-13-5-3-4-12-15(13)14(20(17)18)9-16(12)8-11-6-7-11/h3-5,9-11H,6-8H2,1-2H3,(H,17,18). The zero-order valence-electron chi connectivity index (χ0n) is 11.7. The average molecular weight is 293 g/mol. The van der Waals surface area contributed by atoms with Gasteiger partial charge >= 0.3 is 0 Å². The minimum absolute atomic E-state index is 0.0346. The minimum Gasteiger partial charge on any atom is -0.490 e. The van der Waals surface area contributed by atoms with Gasteiger partial charge in [-0.2, -0.15) is 0 Å². The van der Waals surface area contributed by atoms with Gasteiger partial charge in [0.15, 0.2) is 11.1 Å². The van der Waals surface area contributed by atoms with Crippen LogP contribution in [0.1, 0.15) is 26.7 Å². The molecule has 0 saturated heterocycles. The molecule has 1 N–H and O–H groups in total. The van der Waals surface area contributed by atoms with Gasteiger partial charge in [0.05, 0.1) is 21.9 Å². The van der Waals surface area contributed by atoms with Crippen LogP contribution in [0.15, 0.2) is 29.3 Å². The Balaban J connectivity index is 2.15. The van der Waals surface area contributed by atoms with E-state index in [9.17, 15) is 8.76 Å². The number of ether oxygens (including phenoxy) is 1. The Morgan fingerprint density at radius 1 is 1.45 bits per heavy atom. The van der Waals surface area contributed by atoms with Crippen molar-refractivity contribution < 1.29 is 13.5 Å². The predicted molar refractivity (Wildman–Crippen MR) is 79.5 cm³/mol. The van der Waals surface area contributed by atoms with E-state index in [-0.39, 0.29) is 6.10 Å². The molecule has 5 heteroatoms. The fourth-order valence-corrected chi connectivity index (χ4v) is 3.09. The minimum atomic E-state index is -2.00. The van der Waals surface area contributed by atoms with Gasteiger partial charge in [0.1, 0.15) is 5.75 Å². The van der Waals surface area contributed by atoms with Gasteiger partial charge in [-0.25, -0.2) is 4.21 Å². The van der Waals surface area contributed by atoms with E-state index in [1.807, 2.05) is 32.0 Å². The van der Waals surface area contributed by atoms with Crippen molar-refractivity contribution in [2.75, 3.05) is 0 Å². The van der Waals surface area contributed by atoms with Crippen LogP contribution in [0.2, 0.25) is 0 Å². The number of nitrogens with zero attached hydrogens (tertiary/aromatic N) is 1. The van der Waals surface area contributed by atoms with Gasteiger partial charge in [-0.15, -0.1) is 0 Å². The van der Waals surface area contributed by atoms with Crippen LogP contribution < -0.4 is 4.74 Å². The Morgan fingerprint density at radius 3 is 2.80 bits per heavy atom. The van der Waals surface area contributed by atoms with Gasteiger partial charge in [0.2, 0.25) is 0 Å². The fourth-order valence-electron chi connectivity index (χ4n) is 2.50. The highest BCUT2D eigenvalue weighted by atomic mass is 32.2. The maximum absolute atomic E-state index is 11.6. The smallest absolute Gasteiger partial charge is 0.188 e. The molecule has 0 radical (unpaired) electrons. The molecule has 0 amide bonds. The molecule has 1 fully saturated rings. The molecule has 20 heavy (non-hydrogen) atoms. The molecule has 0 bridgehead atoms. The molecular formula is C15H19NO3S. The van der Waals surface area contributed by atoms with E-state index >= 15 is 0 Å². The van der Waals surface area contributed by atoms with E-state index in [4.69, 9.17) is 4.74 Å². The summed E-state index contributed by atoms with van der Waals surface area (Å²) in [4.78, 5) is 0.442. The van der Waals surface area contributed by atoms with Crippen molar-refractivity contribution in [3.8, 4) is 5.75 Å². The molecule has 1 heterocycles. The van der Waals surface area contributed by atoms with Crippen molar-refractivity contribution in [3.63, 3.8) is 0 Å². The molecule has 4 nitrogen and oxygen atoms in total. The first kappa shape index (κ1) is 13.6. The van der Waals surface area contributed by atoms with Gasteiger partial charge < -0.3 is 13.9 Å². The highest BCUT2D eigenvalue weighted by Crippen LogP contribution is 2.36. The Labute approximate surface area is 121 Å². The first-order valence-electron chi connectivity index (χ1n) is 6.95. The summed E-state index contributed by atoms with van der Waals surface area (Å²) in [6.45, 7) is 4.82. The third-order valence-electron chi connectivity index (χ3n) is 3.54. The summed E-state index contributed by atoms with van der Waals surface area (Å²) in [6.07, 6.45) is 4.33. The van der Waals surface area contributed by atoms with Crippen molar-refractivity contribution in [2.24, 2.45) is 5.92 Å². The quantitative estimate of drug-likeness (QED) is 0.859. The predicted octanol–water partition coefficient (Wildman–Crippen LogP) is 3.42. The zero-order chi connectivity index (χ0) is 14.3. The van der Waals surface area contributed by atoms with Crippen molar-refractivity contribution in [1.29, 1.82) is 0 Å². The summed E-state index contributed by atoms with van der Waals surface area (Å²) < 4.78 is 29.0. The number of aromatic nitrogens is 1. The lowest BCUT2D eigenvalue weighted by molar-refractivity contribution is 0.245. The van der Waals surface area contributed by atoms with Crippen LogP contribution in [0.4, 0.5) is 0 Å². The largest absolute Gasteiger partial charge is 0.490 e. The van der Waals surface area contributed by atoms with Gasteiger partial charge in [0, 0.05) is 12.7 Å². The molecule has 0 aliphatic heterocycles. The van der Waals surface area contributed by atoms with Crippen LogP contribution in [0, 0.1) is 5.92 Å². The SMILES string of the molecule is CC(C)Oc1cccc2c1c(S(=O)O)cn2CC1CC1. The van der Waals surface area contributed by atoms with Gasteiger partial charge in [-0.3, -0.25) is 0 Å². The number of hydrogen-bond acceptors (Lipinski definition) is 2. The number of fused-ring (bicyclic) bond motifs is 1. The summed E-state index contributed by atoms with van der Waals surface area (Å²) >= 11 is -2.00. The van der Waals surface area contributed by atoms with E-state index in [1.165, 1.54) is 12.8 Å². The molecule has 1 aromatic heterocycles. The average Bonchev–Trinajstić information content (AvgIpc) is 3.10. The molecule has 108 valence electrons. The summed E-state index contributed by atoms with van der Waals surface area (Å²) in [7, 11) is 0.